The Morgan fingerprint density at radius 1 is 1.42 bits per heavy atom. The van der Waals surface area contributed by atoms with Crippen molar-refractivity contribution in [1.82, 2.24) is 19.6 Å². The standard InChI is InChI=1S/C17H24N4O2S/c1-13(2)23-16-5-3-14(4-6-16)11-21-10-7-15(12-21)20-24(22)17-18-8-9-19-17/h3-6,8-9,13,15,20H,7,10-12H2,1-2H3,(H,18,19)/t15-,24?/m1/s1. The lowest BCUT2D eigenvalue weighted by molar-refractivity contribution is 0.242. The van der Waals surface area contributed by atoms with Gasteiger partial charge in [-0.1, -0.05) is 12.1 Å². The average molecular weight is 348 g/mol. The van der Waals surface area contributed by atoms with Gasteiger partial charge in [-0.05, 0) is 38.0 Å². The highest BCUT2D eigenvalue weighted by Gasteiger charge is 2.27. The molecular formula is C17H24N4O2S. The van der Waals surface area contributed by atoms with Crippen molar-refractivity contribution in [2.24, 2.45) is 0 Å². The Labute approximate surface area is 145 Å². The summed E-state index contributed by atoms with van der Waals surface area (Å²) in [7, 11) is 0. The molecule has 0 saturated carbocycles. The van der Waals surface area contributed by atoms with E-state index in [2.05, 4.69) is 31.7 Å². The second kappa shape index (κ2) is 8.02. The fourth-order valence-corrected chi connectivity index (χ4v) is 3.77. The molecule has 0 spiro atoms. The fraction of sp³-hybridized carbons (Fsp3) is 0.471. The van der Waals surface area contributed by atoms with Crippen LogP contribution in [0.3, 0.4) is 0 Å². The summed E-state index contributed by atoms with van der Waals surface area (Å²) in [6.07, 6.45) is 4.47. The Bertz CT molecular complexity index is 618. The van der Waals surface area contributed by atoms with Crippen LogP contribution in [0.15, 0.2) is 41.8 Å². The molecule has 1 saturated heterocycles. The third-order valence-corrected chi connectivity index (χ3v) is 5.02. The van der Waals surface area contributed by atoms with E-state index in [0.717, 1.165) is 31.8 Å². The lowest BCUT2D eigenvalue weighted by Crippen LogP contribution is -2.37. The number of aromatic amines is 1. The van der Waals surface area contributed by atoms with Crippen molar-refractivity contribution < 1.29 is 9.29 Å². The number of H-pyrrole nitrogens is 1. The van der Waals surface area contributed by atoms with E-state index in [0.29, 0.717) is 5.16 Å². The van der Waals surface area contributed by atoms with E-state index in [1.807, 2.05) is 26.0 Å². The zero-order chi connectivity index (χ0) is 16.9. The summed E-state index contributed by atoms with van der Waals surface area (Å²) in [5.74, 6) is 0.906. The maximum Gasteiger partial charge on any atom is 0.342 e. The van der Waals surface area contributed by atoms with Crippen molar-refractivity contribution in [2.75, 3.05) is 13.1 Å². The average Bonchev–Trinajstić information content (AvgIpc) is 3.21. The molecule has 1 unspecified atom stereocenters. The Morgan fingerprint density at radius 3 is 2.88 bits per heavy atom. The van der Waals surface area contributed by atoms with Gasteiger partial charge >= 0.3 is 5.16 Å². The molecule has 2 heterocycles. The molecule has 1 fully saturated rings. The molecule has 0 bridgehead atoms. The Balaban J connectivity index is 1.47. The van der Waals surface area contributed by atoms with Crippen LogP contribution in [0.4, 0.5) is 0 Å². The molecule has 24 heavy (non-hydrogen) atoms. The summed E-state index contributed by atoms with van der Waals surface area (Å²) in [6.45, 7) is 6.83. The van der Waals surface area contributed by atoms with Gasteiger partial charge in [0.15, 0.2) is 0 Å². The number of hydrogen-bond acceptors (Lipinski definition) is 5. The molecule has 1 aliphatic rings. The van der Waals surface area contributed by atoms with Crippen molar-refractivity contribution in [1.29, 1.82) is 0 Å². The van der Waals surface area contributed by atoms with Gasteiger partial charge in [0.25, 0.3) is 0 Å². The molecular weight excluding hydrogens is 324 g/mol. The molecule has 2 N–H and O–H groups in total. The predicted molar refractivity (Wildman–Crippen MR) is 94.0 cm³/mol. The smallest absolute Gasteiger partial charge is 0.342 e. The topological polar surface area (TPSA) is 76.2 Å². The van der Waals surface area contributed by atoms with Gasteiger partial charge < -0.3 is 14.3 Å². The molecule has 2 atom stereocenters. The van der Waals surface area contributed by atoms with Gasteiger partial charge in [0, 0.05) is 25.8 Å². The zero-order valence-electron chi connectivity index (χ0n) is 14.1. The fourth-order valence-electron chi connectivity index (χ4n) is 2.84. The van der Waals surface area contributed by atoms with Crippen molar-refractivity contribution >= 4 is 11.4 Å². The number of likely N-dealkylation sites (tertiary alicyclic amines) is 1. The number of nitrogens with zero attached hydrogens (tertiary/aromatic N) is 2. The van der Waals surface area contributed by atoms with Gasteiger partial charge in [-0.25, -0.2) is 0 Å². The Morgan fingerprint density at radius 2 is 2.21 bits per heavy atom. The van der Waals surface area contributed by atoms with E-state index in [1.165, 1.54) is 5.56 Å². The number of aromatic nitrogens is 2. The molecule has 6 nitrogen and oxygen atoms in total. The van der Waals surface area contributed by atoms with Crippen LogP contribution in [0.1, 0.15) is 25.8 Å². The molecule has 2 aromatic rings. The van der Waals surface area contributed by atoms with E-state index in [4.69, 9.17) is 4.74 Å². The largest absolute Gasteiger partial charge is 0.590 e. The van der Waals surface area contributed by atoms with Crippen molar-refractivity contribution in [3.05, 3.63) is 42.2 Å². The van der Waals surface area contributed by atoms with Crippen molar-refractivity contribution in [2.45, 2.75) is 44.1 Å². The molecule has 3 rings (SSSR count). The van der Waals surface area contributed by atoms with E-state index in [1.54, 1.807) is 12.4 Å². The van der Waals surface area contributed by atoms with Crippen LogP contribution >= 0.6 is 0 Å². The first-order valence-electron chi connectivity index (χ1n) is 8.25. The SMILES string of the molecule is CC(C)Oc1ccc(CN2CC[C@@H](N[S+]([O-])c3ncc[nH]3)C2)cc1. The summed E-state index contributed by atoms with van der Waals surface area (Å²) >= 11 is -1.27. The number of hydrogen-bond donors (Lipinski definition) is 2. The van der Waals surface area contributed by atoms with E-state index in [-0.39, 0.29) is 12.1 Å². The second-order valence-electron chi connectivity index (χ2n) is 6.31. The van der Waals surface area contributed by atoms with Crippen molar-refractivity contribution in [3.63, 3.8) is 0 Å². The monoisotopic (exact) mass is 348 g/mol. The Kier molecular flexibility index (Phi) is 5.78. The van der Waals surface area contributed by atoms with Gasteiger partial charge in [0.05, 0.1) is 18.3 Å². The first-order valence-corrected chi connectivity index (χ1v) is 9.40. The van der Waals surface area contributed by atoms with Gasteiger partial charge in [-0.3, -0.25) is 4.90 Å². The van der Waals surface area contributed by atoms with E-state index in [9.17, 15) is 4.55 Å². The first-order chi connectivity index (χ1) is 11.6. The van der Waals surface area contributed by atoms with E-state index >= 15 is 0 Å². The van der Waals surface area contributed by atoms with Gasteiger partial charge in [-0.2, -0.15) is 4.98 Å². The van der Waals surface area contributed by atoms with Crippen molar-refractivity contribution in [3.8, 4) is 5.75 Å². The molecule has 7 heteroatoms. The van der Waals surface area contributed by atoms with Crippen LogP contribution in [0, 0.1) is 0 Å². The summed E-state index contributed by atoms with van der Waals surface area (Å²) in [5.41, 5.74) is 1.26. The molecule has 0 aliphatic carbocycles. The third-order valence-electron chi connectivity index (χ3n) is 3.90. The van der Waals surface area contributed by atoms with Gasteiger partial charge in [0.2, 0.25) is 0 Å². The van der Waals surface area contributed by atoms with Crippen LogP contribution < -0.4 is 9.46 Å². The summed E-state index contributed by atoms with van der Waals surface area (Å²) in [5, 5.41) is 0.481. The Hall–Kier alpha value is -1.54. The number of ether oxygens (including phenoxy) is 1. The van der Waals surface area contributed by atoms with Gasteiger partial charge in [0.1, 0.15) is 17.1 Å². The zero-order valence-corrected chi connectivity index (χ0v) is 14.9. The summed E-state index contributed by atoms with van der Waals surface area (Å²) in [4.78, 5) is 9.28. The lowest BCUT2D eigenvalue weighted by Gasteiger charge is -2.17. The van der Waals surface area contributed by atoms with E-state index < -0.39 is 11.4 Å². The maximum absolute atomic E-state index is 12.1. The van der Waals surface area contributed by atoms with Gasteiger partial charge in [-0.15, -0.1) is 4.72 Å². The highest BCUT2D eigenvalue weighted by atomic mass is 32.2. The number of nitrogens with one attached hydrogen (secondary N) is 2. The molecule has 0 radical (unpaired) electrons. The molecule has 1 aliphatic heterocycles. The minimum absolute atomic E-state index is 0.191. The molecule has 1 aromatic heterocycles. The lowest BCUT2D eigenvalue weighted by atomic mass is 10.2. The summed E-state index contributed by atoms with van der Waals surface area (Å²) in [6, 6.07) is 8.48. The first kappa shape index (κ1) is 17.3. The minimum atomic E-state index is -1.27. The summed E-state index contributed by atoms with van der Waals surface area (Å²) < 4.78 is 20.9. The van der Waals surface area contributed by atoms with Crippen LogP contribution in [0.25, 0.3) is 0 Å². The third kappa shape index (κ3) is 4.73. The van der Waals surface area contributed by atoms with Crippen LogP contribution in [-0.4, -0.2) is 44.7 Å². The van der Waals surface area contributed by atoms with Crippen LogP contribution in [-0.2, 0) is 17.9 Å². The number of rotatable bonds is 7. The molecule has 130 valence electrons. The minimum Gasteiger partial charge on any atom is -0.590 e. The second-order valence-corrected chi connectivity index (χ2v) is 7.47. The highest BCUT2D eigenvalue weighted by molar-refractivity contribution is 7.89. The maximum atomic E-state index is 12.1. The number of benzene rings is 1. The molecule has 1 aromatic carbocycles. The van der Waals surface area contributed by atoms with Crippen LogP contribution in [0.5, 0.6) is 5.75 Å². The predicted octanol–water partition coefficient (Wildman–Crippen LogP) is 2.08. The van der Waals surface area contributed by atoms with Crippen LogP contribution in [0.2, 0.25) is 0 Å². The number of imidazole rings is 1. The quantitative estimate of drug-likeness (QED) is 0.749. The normalized spacial score (nSPS) is 19.8. The highest BCUT2D eigenvalue weighted by Crippen LogP contribution is 2.18. The molecule has 0 amide bonds.